The minimum Gasteiger partial charge on any atom is -0.378 e. The van der Waals surface area contributed by atoms with E-state index in [0.717, 1.165) is 172 Å². The second kappa shape index (κ2) is 36.1. The molecule has 15 heteroatoms. The standard InChI is InChI=1S/C29H32N2O2.C27H28N2O2.C26H26N2O2.C22H18FNO/c1-3-5-9-24-20-26-25-10-7-6-8-22(25)19-27(26)29(31(24)28(32)4-2)21-11-13-23(14-12-21)30-15-17-33-18-16-30;1-3-6-26(30)29-19(2)17-24-23-8-5-4-7-21(23)18-25(24)27(29)20-9-11-22(12-10-20)28-13-15-31-16-14-28;1-3-25(29)28-18(2)16-23-22-7-5-4-6-20(22)17-24(23)26(28)19-8-10-21(11-9-19)27-12-14-30-15-13-27;1-3-21(25)24-14(2)12-19-18-7-5-4-6-16(18)13-20(19)22(24)15-8-10-17(23)11-9-15/h2,6-8,10-14,24,29H,3,5,9,15-20H2,1H3;4-5,7-12,19,27H,13-18H2,1-2H3;1,4-11,18,26H,12-17H2,2H3;1,4-11,14,22H,12-13H2,2H3/t24-,29-;19-,27-;18-,26-;14-,22-/m0000/s1. The number of ether oxygens (including phenoxy) is 3. The Bertz CT molecular complexity index is 5500. The van der Waals surface area contributed by atoms with E-state index in [2.05, 4.69) is 223 Å². The van der Waals surface area contributed by atoms with Crippen LogP contribution in [-0.4, -0.2) is 146 Å². The summed E-state index contributed by atoms with van der Waals surface area (Å²) in [6.45, 7) is 20.3. The van der Waals surface area contributed by atoms with Crippen LogP contribution < -0.4 is 14.7 Å². The highest BCUT2D eigenvalue weighted by Crippen LogP contribution is 2.54. The Morgan fingerprint density at radius 2 is 0.655 bits per heavy atom. The third kappa shape index (κ3) is 16.3. The van der Waals surface area contributed by atoms with Crippen LogP contribution in [0.4, 0.5) is 21.5 Å². The molecule has 8 atom stereocenters. The first-order valence-electron chi connectivity index (χ1n) is 42.5. The number of amides is 4. The Morgan fingerprint density at radius 3 is 0.958 bits per heavy atom. The Hall–Kier alpha value is -12.0. The van der Waals surface area contributed by atoms with Crippen molar-refractivity contribution in [2.45, 2.75) is 154 Å². The molecule has 604 valence electrons. The van der Waals surface area contributed by atoms with Gasteiger partial charge in [-0.15, -0.1) is 19.3 Å². The fourth-order valence-electron chi connectivity index (χ4n) is 20.5. The summed E-state index contributed by atoms with van der Waals surface area (Å²) < 4.78 is 29.9. The second-order valence-corrected chi connectivity index (χ2v) is 32.9. The molecule has 8 aromatic carbocycles. The van der Waals surface area contributed by atoms with E-state index < -0.39 is 0 Å². The molecule has 11 aliphatic rings. The molecule has 119 heavy (non-hydrogen) atoms. The lowest BCUT2D eigenvalue weighted by Crippen LogP contribution is -2.45. The number of morpholine rings is 3. The maximum Gasteiger partial charge on any atom is 0.299 e. The lowest BCUT2D eigenvalue weighted by Gasteiger charge is -2.43. The van der Waals surface area contributed by atoms with Gasteiger partial charge in [-0.05, 0) is 269 Å². The number of terminal acetylenes is 3. The topological polar surface area (TPSA) is 119 Å². The van der Waals surface area contributed by atoms with Gasteiger partial charge in [-0.3, -0.25) is 19.2 Å². The van der Waals surface area contributed by atoms with Gasteiger partial charge in [0.25, 0.3) is 23.6 Å². The molecule has 7 aliphatic heterocycles. The molecule has 14 nitrogen and oxygen atoms in total. The molecule has 0 aromatic heterocycles. The Balaban J connectivity index is 0.000000119. The number of halogens is 1. The molecule has 4 amide bonds. The number of rotatable bonds is 10. The van der Waals surface area contributed by atoms with Gasteiger partial charge >= 0.3 is 0 Å². The van der Waals surface area contributed by atoms with Crippen LogP contribution in [0.5, 0.6) is 0 Å². The van der Waals surface area contributed by atoms with Crippen LogP contribution in [-0.2, 0) is 59.1 Å². The molecule has 3 saturated heterocycles. The molecule has 0 N–H and O–H groups in total. The minimum absolute atomic E-state index is 0.0106. The average Bonchev–Trinajstić information content (AvgIpc) is 1.64. The van der Waals surface area contributed by atoms with Gasteiger partial charge in [0.15, 0.2) is 0 Å². The average molecular weight is 1580 g/mol. The van der Waals surface area contributed by atoms with Crippen LogP contribution in [0, 0.1) is 54.7 Å². The highest BCUT2D eigenvalue weighted by molar-refractivity contribution is 5.98. The van der Waals surface area contributed by atoms with Crippen LogP contribution in [0.1, 0.15) is 170 Å². The van der Waals surface area contributed by atoms with Crippen molar-refractivity contribution < 1.29 is 37.8 Å². The summed E-state index contributed by atoms with van der Waals surface area (Å²) in [5.74, 6) is 11.6. The van der Waals surface area contributed by atoms with E-state index in [1.165, 1.54) is 118 Å². The molecule has 7 heterocycles. The number of carbonyl (C=O) groups excluding carboxylic acids is 4. The van der Waals surface area contributed by atoms with E-state index in [1.807, 2.05) is 33.8 Å². The molecule has 3 fully saturated rings. The highest BCUT2D eigenvalue weighted by Gasteiger charge is 2.46. The molecular formula is C104H104FN7O7. The monoisotopic (exact) mass is 1580 g/mol. The van der Waals surface area contributed by atoms with E-state index in [9.17, 15) is 23.6 Å². The van der Waals surface area contributed by atoms with Crippen molar-refractivity contribution in [3.63, 3.8) is 0 Å². The smallest absolute Gasteiger partial charge is 0.299 e. The molecule has 0 saturated carbocycles. The van der Waals surface area contributed by atoms with Crippen molar-refractivity contribution in [3.05, 3.63) is 289 Å². The van der Waals surface area contributed by atoms with Gasteiger partial charge in [-0.2, -0.15) is 0 Å². The minimum atomic E-state index is -0.315. The van der Waals surface area contributed by atoms with E-state index in [0.29, 0.717) is 0 Å². The maximum absolute atomic E-state index is 13.4. The largest absolute Gasteiger partial charge is 0.378 e. The van der Waals surface area contributed by atoms with Gasteiger partial charge in [0.05, 0.1) is 63.8 Å². The summed E-state index contributed by atoms with van der Waals surface area (Å²) in [7, 11) is 0. The molecule has 0 unspecified atom stereocenters. The SMILES string of the molecule is C#CC(=O)N1[C@@H](CCCC)CC2=C(Cc3ccccc32)[C@@H]1c1ccc(N2CCOCC2)cc1.C#CC(=O)N1[C@@H](c2ccc(F)cc2)C2=C(C[C@@H]1C)c1ccccc1C2.C#CC(=O)N1[C@@H](c2ccc(N3CCOCC3)cc2)C2=C(C[C@@H]1C)c1ccccc1C2.CC#CC(=O)N1[C@@H](c2ccc(N3CCOCC3)cc2)C2=C(C[C@@H]1C)c1ccccc1C2. The summed E-state index contributed by atoms with van der Waals surface area (Å²) in [5.41, 5.74) is 29.4. The Morgan fingerprint density at radius 1 is 0.378 bits per heavy atom. The van der Waals surface area contributed by atoms with Crippen molar-refractivity contribution in [3.8, 4) is 48.9 Å². The van der Waals surface area contributed by atoms with Crippen molar-refractivity contribution >= 4 is 63.0 Å². The second-order valence-electron chi connectivity index (χ2n) is 32.9. The number of nitrogens with zero attached hydrogens (tertiary/aromatic N) is 7. The lowest BCUT2D eigenvalue weighted by molar-refractivity contribution is -0.130. The molecule has 8 aromatic rings. The van der Waals surface area contributed by atoms with Gasteiger partial charge in [0, 0.05) is 80.5 Å². The van der Waals surface area contributed by atoms with E-state index in [4.69, 9.17) is 33.5 Å². The number of unbranched alkanes of at least 4 members (excludes halogenated alkanes) is 1. The van der Waals surface area contributed by atoms with Gasteiger partial charge in [-0.1, -0.05) is 171 Å². The van der Waals surface area contributed by atoms with Crippen molar-refractivity contribution in [2.24, 2.45) is 0 Å². The summed E-state index contributed by atoms with van der Waals surface area (Å²) in [6.07, 6.45) is 26.8. The van der Waals surface area contributed by atoms with Crippen molar-refractivity contribution in [2.75, 3.05) is 93.6 Å². The zero-order valence-electron chi connectivity index (χ0n) is 69.0. The normalized spacial score (nSPS) is 22.3. The number of carbonyl (C=O) groups is 4. The van der Waals surface area contributed by atoms with Crippen molar-refractivity contribution in [1.29, 1.82) is 0 Å². The Kier molecular flexibility index (Phi) is 24.5. The van der Waals surface area contributed by atoms with Crippen LogP contribution in [0.25, 0.3) is 22.3 Å². The van der Waals surface area contributed by atoms with Crippen molar-refractivity contribution in [1.82, 2.24) is 19.6 Å². The van der Waals surface area contributed by atoms with E-state index in [1.54, 1.807) is 24.0 Å². The number of fused-ring (bicyclic) bond motifs is 8. The predicted molar refractivity (Wildman–Crippen MR) is 472 cm³/mol. The van der Waals surface area contributed by atoms with Crippen LogP contribution >= 0.6 is 0 Å². The van der Waals surface area contributed by atoms with E-state index in [-0.39, 0.29) is 77.8 Å². The summed E-state index contributed by atoms with van der Waals surface area (Å²) in [4.78, 5) is 66.3. The predicted octanol–water partition coefficient (Wildman–Crippen LogP) is 17.2. The quantitative estimate of drug-likeness (QED) is 0.122. The third-order valence-corrected chi connectivity index (χ3v) is 26.0. The lowest BCUT2D eigenvalue weighted by atomic mass is 9.83. The molecule has 19 rings (SSSR count). The first-order chi connectivity index (χ1) is 58.1. The summed E-state index contributed by atoms with van der Waals surface area (Å²) in [5, 5.41) is 0. The van der Waals surface area contributed by atoms with Gasteiger partial charge in [-0.25, -0.2) is 4.39 Å². The maximum atomic E-state index is 13.4. The molecule has 0 radical (unpaired) electrons. The third-order valence-electron chi connectivity index (χ3n) is 26.0. The number of hydrogen-bond donors (Lipinski definition) is 0. The first-order valence-corrected chi connectivity index (χ1v) is 42.5. The summed E-state index contributed by atoms with van der Waals surface area (Å²) >= 11 is 0. The fourth-order valence-corrected chi connectivity index (χ4v) is 20.5. The summed E-state index contributed by atoms with van der Waals surface area (Å²) in [6, 6.07) is 66.7. The number of anilines is 3. The zero-order valence-corrected chi connectivity index (χ0v) is 69.0. The molecule has 0 spiro atoms. The van der Waals surface area contributed by atoms with E-state index >= 15 is 0 Å². The Labute approximate surface area is 701 Å². The van der Waals surface area contributed by atoms with Crippen LogP contribution in [0.3, 0.4) is 0 Å². The van der Waals surface area contributed by atoms with Gasteiger partial charge in [0.1, 0.15) is 5.82 Å². The van der Waals surface area contributed by atoms with Crippen LogP contribution in [0.2, 0.25) is 0 Å². The highest BCUT2D eigenvalue weighted by atomic mass is 19.1. The number of hydrogen-bond acceptors (Lipinski definition) is 10. The van der Waals surface area contributed by atoms with Gasteiger partial charge in [0.2, 0.25) is 0 Å². The molecule has 4 aliphatic carbocycles. The zero-order chi connectivity index (χ0) is 82.4. The number of benzene rings is 8. The molecular weight excluding hydrogens is 1480 g/mol. The van der Waals surface area contributed by atoms with Gasteiger partial charge < -0.3 is 48.5 Å². The van der Waals surface area contributed by atoms with Crippen LogP contribution in [0.15, 0.2) is 216 Å². The molecule has 0 bridgehead atoms. The first kappa shape index (κ1) is 80.8. The fraction of sp³-hybridized carbons (Fsp3) is 0.346.